The minimum Gasteiger partial charge on any atom is -0.390 e. The molecule has 2 N–H and O–H groups in total. The monoisotopic (exact) mass is 535 g/mol. The topological polar surface area (TPSA) is 112 Å². The first-order chi connectivity index (χ1) is 18.4. The molecule has 1 fully saturated rings. The molecule has 0 radical (unpaired) electrons. The summed E-state index contributed by atoms with van der Waals surface area (Å²) in [5, 5.41) is 20.0. The highest BCUT2D eigenvalue weighted by molar-refractivity contribution is 7.89. The highest BCUT2D eigenvalue weighted by Gasteiger charge is 2.27. The second-order valence-corrected chi connectivity index (χ2v) is 11.7. The maximum Gasteiger partial charge on any atom is 0.223 e. The second-order valence-electron chi connectivity index (χ2n) is 9.65. The molecule has 200 valence electrons. The number of benzene rings is 3. The number of hydrogen-bond donors (Lipinski definition) is 2. The Bertz CT molecular complexity index is 1460. The molecule has 0 aliphatic carbocycles. The lowest BCUT2D eigenvalue weighted by Crippen LogP contribution is -2.51. The largest absolute Gasteiger partial charge is 0.390 e. The number of aryl methyl sites for hydroxylation is 2. The van der Waals surface area contributed by atoms with Crippen LogP contribution in [0.1, 0.15) is 11.5 Å². The zero-order valence-electron chi connectivity index (χ0n) is 21.5. The lowest BCUT2D eigenvalue weighted by Gasteiger charge is -2.35. The summed E-state index contributed by atoms with van der Waals surface area (Å²) < 4.78 is 32.7. The summed E-state index contributed by atoms with van der Waals surface area (Å²) >= 11 is 0. The van der Waals surface area contributed by atoms with Gasteiger partial charge in [-0.05, 0) is 47.0 Å². The van der Waals surface area contributed by atoms with Crippen LogP contribution in [0.15, 0.2) is 71.3 Å². The first-order valence-electron chi connectivity index (χ1n) is 12.9. The fraction of sp³-hybridized carbons (Fsp3) is 0.357. The zero-order chi connectivity index (χ0) is 26.5. The van der Waals surface area contributed by atoms with Crippen molar-refractivity contribution in [3.05, 3.63) is 78.2 Å². The van der Waals surface area contributed by atoms with Crippen LogP contribution < -0.4 is 5.32 Å². The van der Waals surface area contributed by atoms with Crippen LogP contribution >= 0.6 is 0 Å². The Morgan fingerprint density at radius 1 is 1.00 bits per heavy atom. The first-order valence-corrected chi connectivity index (χ1v) is 14.5. The zero-order valence-corrected chi connectivity index (χ0v) is 22.3. The SMILES string of the molecule is Cc1nc(-c2ccc(NCC(O)CN3CCN(S(=O)(=O)CCc4cccc5ccccc45)CC3)cc2)no1. The Kier molecular flexibility index (Phi) is 8.04. The Labute approximate surface area is 223 Å². The van der Waals surface area contributed by atoms with Gasteiger partial charge < -0.3 is 14.9 Å². The minimum atomic E-state index is -3.35. The molecule has 3 aromatic carbocycles. The van der Waals surface area contributed by atoms with Crippen molar-refractivity contribution in [1.29, 1.82) is 0 Å². The summed E-state index contributed by atoms with van der Waals surface area (Å²) in [5.41, 5.74) is 2.80. The fourth-order valence-electron chi connectivity index (χ4n) is 4.82. The van der Waals surface area contributed by atoms with E-state index in [9.17, 15) is 13.5 Å². The number of fused-ring (bicyclic) bond motifs is 1. The van der Waals surface area contributed by atoms with Crippen molar-refractivity contribution in [3.63, 3.8) is 0 Å². The molecule has 1 atom stereocenters. The molecule has 0 amide bonds. The molecule has 1 aliphatic heterocycles. The molecule has 5 rings (SSSR count). The van der Waals surface area contributed by atoms with Crippen molar-refractivity contribution < 1.29 is 18.0 Å². The minimum absolute atomic E-state index is 0.0959. The third-order valence-electron chi connectivity index (χ3n) is 6.92. The van der Waals surface area contributed by atoms with E-state index < -0.39 is 16.1 Å². The van der Waals surface area contributed by atoms with Crippen molar-refractivity contribution in [2.45, 2.75) is 19.4 Å². The van der Waals surface area contributed by atoms with Crippen molar-refractivity contribution >= 4 is 26.5 Å². The maximum absolute atomic E-state index is 13.0. The fourth-order valence-corrected chi connectivity index (χ4v) is 6.28. The van der Waals surface area contributed by atoms with Gasteiger partial charge in [-0.3, -0.25) is 4.90 Å². The van der Waals surface area contributed by atoms with Crippen LogP contribution in [0.4, 0.5) is 5.69 Å². The van der Waals surface area contributed by atoms with Gasteiger partial charge in [0.05, 0.1) is 11.9 Å². The number of aliphatic hydroxyl groups excluding tert-OH is 1. The van der Waals surface area contributed by atoms with Crippen LogP contribution in [0, 0.1) is 6.92 Å². The van der Waals surface area contributed by atoms with E-state index in [0.29, 0.717) is 57.4 Å². The summed E-state index contributed by atoms with van der Waals surface area (Å²) in [6.45, 7) is 4.71. The number of piperazine rings is 1. The molecule has 1 saturated heterocycles. The second kappa shape index (κ2) is 11.6. The van der Waals surface area contributed by atoms with Crippen molar-refractivity contribution in [2.24, 2.45) is 0 Å². The van der Waals surface area contributed by atoms with Crippen LogP contribution in [0.3, 0.4) is 0 Å². The molecular weight excluding hydrogens is 502 g/mol. The summed E-state index contributed by atoms with van der Waals surface area (Å²) in [5.74, 6) is 1.16. The van der Waals surface area contributed by atoms with Gasteiger partial charge in [-0.2, -0.15) is 9.29 Å². The third-order valence-corrected chi connectivity index (χ3v) is 8.79. The smallest absolute Gasteiger partial charge is 0.223 e. The molecule has 9 nitrogen and oxygen atoms in total. The number of aromatic nitrogens is 2. The highest BCUT2D eigenvalue weighted by atomic mass is 32.2. The standard InChI is InChI=1S/C28H33N5O4S/c1-21-30-28(31-37-21)24-9-11-25(12-10-24)29-19-26(34)20-32-14-16-33(17-15-32)38(35,36)18-13-23-7-4-6-22-5-2-3-8-27(22)23/h2-12,26,29,34H,13-20H2,1H3. The molecule has 1 aliphatic rings. The number of β-amino-alcohol motifs (C(OH)–C–C–N with tert-alkyl or cyclic N) is 1. The van der Waals surface area contributed by atoms with Gasteiger partial charge in [0, 0.05) is 57.4 Å². The summed E-state index contributed by atoms with van der Waals surface area (Å²) in [6, 6.07) is 21.7. The predicted molar refractivity (Wildman–Crippen MR) is 148 cm³/mol. The van der Waals surface area contributed by atoms with Gasteiger partial charge in [0.1, 0.15) is 0 Å². The van der Waals surface area contributed by atoms with E-state index in [4.69, 9.17) is 4.52 Å². The van der Waals surface area contributed by atoms with Gasteiger partial charge in [0.15, 0.2) is 0 Å². The molecule has 1 unspecified atom stereocenters. The lowest BCUT2D eigenvalue weighted by molar-refractivity contribution is 0.0994. The number of anilines is 1. The van der Waals surface area contributed by atoms with E-state index in [2.05, 4.69) is 20.4 Å². The van der Waals surface area contributed by atoms with Gasteiger partial charge in [0.2, 0.25) is 21.7 Å². The quantitative estimate of drug-likeness (QED) is 0.319. The Morgan fingerprint density at radius 3 is 2.47 bits per heavy atom. The average molecular weight is 536 g/mol. The van der Waals surface area contributed by atoms with E-state index >= 15 is 0 Å². The van der Waals surface area contributed by atoms with Gasteiger partial charge in [-0.1, -0.05) is 47.6 Å². The molecular formula is C28H33N5O4S. The first kappa shape index (κ1) is 26.3. The average Bonchev–Trinajstić information content (AvgIpc) is 3.37. The van der Waals surface area contributed by atoms with Crippen molar-refractivity contribution in [1.82, 2.24) is 19.3 Å². The van der Waals surface area contributed by atoms with Crippen molar-refractivity contribution in [2.75, 3.05) is 50.3 Å². The van der Waals surface area contributed by atoms with Crippen molar-refractivity contribution in [3.8, 4) is 11.4 Å². The highest BCUT2D eigenvalue weighted by Crippen LogP contribution is 2.21. The predicted octanol–water partition coefficient (Wildman–Crippen LogP) is 3.16. The van der Waals surface area contributed by atoms with Crippen LogP contribution in [0.2, 0.25) is 0 Å². The lowest BCUT2D eigenvalue weighted by atomic mass is 10.0. The van der Waals surface area contributed by atoms with Gasteiger partial charge in [-0.25, -0.2) is 8.42 Å². The van der Waals surface area contributed by atoms with E-state index in [1.807, 2.05) is 66.7 Å². The van der Waals surface area contributed by atoms with Crippen LogP contribution in [0.25, 0.3) is 22.2 Å². The Balaban J connectivity index is 1.06. The Hall–Kier alpha value is -3.31. The maximum atomic E-state index is 13.0. The van der Waals surface area contributed by atoms with Crippen LogP contribution in [0.5, 0.6) is 0 Å². The molecule has 38 heavy (non-hydrogen) atoms. The summed E-state index contributed by atoms with van der Waals surface area (Å²) in [6.07, 6.45) is -0.0895. The number of sulfonamides is 1. The third kappa shape index (κ3) is 6.39. The van der Waals surface area contributed by atoms with Gasteiger partial charge >= 0.3 is 0 Å². The van der Waals surface area contributed by atoms with E-state index in [0.717, 1.165) is 27.6 Å². The number of hydrogen-bond acceptors (Lipinski definition) is 8. The molecule has 2 heterocycles. The number of nitrogens with zero attached hydrogens (tertiary/aromatic N) is 4. The molecule has 10 heteroatoms. The molecule has 4 aromatic rings. The van der Waals surface area contributed by atoms with E-state index in [1.165, 1.54) is 0 Å². The van der Waals surface area contributed by atoms with Crippen LogP contribution in [-0.2, 0) is 16.4 Å². The number of nitrogens with one attached hydrogen (secondary N) is 1. The van der Waals surface area contributed by atoms with E-state index in [1.54, 1.807) is 11.2 Å². The molecule has 1 aromatic heterocycles. The normalized spacial score (nSPS) is 16.1. The molecule has 0 saturated carbocycles. The van der Waals surface area contributed by atoms with Gasteiger partial charge in [0.25, 0.3) is 0 Å². The van der Waals surface area contributed by atoms with Crippen LogP contribution in [-0.4, -0.2) is 84.0 Å². The number of aliphatic hydroxyl groups is 1. The molecule has 0 spiro atoms. The summed E-state index contributed by atoms with van der Waals surface area (Å²) in [4.78, 5) is 6.34. The number of rotatable bonds is 10. The van der Waals surface area contributed by atoms with E-state index in [-0.39, 0.29) is 5.75 Å². The Morgan fingerprint density at radius 2 is 1.74 bits per heavy atom. The summed E-state index contributed by atoms with van der Waals surface area (Å²) in [7, 11) is -3.35. The molecule has 0 bridgehead atoms. The van der Waals surface area contributed by atoms with Gasteiger partial charge in [-0.15, -0.1) is 0 Å².